The Labute approximate surface area is 181 Å². The Morgan fingerprint density at radius 3 is 2.63 bits per heavy atom. The van der Waals surface area contributed by atoms with E-state index in [0.717, 1.165) is 63.6 Å². The van der Waals surface area contributed by atoms with Crippen LogP contribution in [0.1, 0.15) is 49.0 Å². The van der Waals surface area contributed by atoms with Crippen LogP contribution in [0.2, 0.25) is 0 Å². The highest BCUT2D eigenvalue weighted by Gasteiger charge is 2.04. The molecule has 3 N–H and O–H groups in total. The third-order valence-electron chi connectivity index (χ3n) is 3.83. The van der Waals surface area contributed by atoms with Gasteiger partial charge in [0, 0.05) is 45.5 Å². The molecule has 0 saturated carbocycles. The summed E-state index contributed by atoms with van der Waals surface area (Å²) in [7, 11) is 1.64. The molecule has 0 unspecified atom stereocenters. The van der Waals surface area contributed by atoms with Gasteiger partial charge in [-0.15, -0.1) is 24.0 Å². The van der Waals surface area contributed by atoms with Crippen molar-refractivity contribution in [2.75, 3.05) is 39.9 Å². The molecule has 0 saturated heterocycles. The minimum Gasteiger partial charge on any atom is -0.381 e. The molecule has 0 radical (unpaired) electrons. The lowest BCUT2D eigenvalue weighted by molar-refractivity contribution is 0.0963. The summed E-state index contributed by atoms with van der Waals surface area (Å²) >= 11 is 0. The maximum Gasteiger partial charge on any atom is 0.251 e. The summed E-state index contributed by atoms with van der Waals surface area (Å²) in [4.78, 5) is 16.3. The molecule has 0 bridgehead atoms. The summed E-state index contributed by atoms with van der Waals surface area (Å²) in [6.07, 6.45) is 4.04. The Morgan fingerprint density at radius 2 is 1.93 bits per heavy atom. The van der Waals surface area contributed by atoms with E-state index >= 15 is 0 Å². The number of benzene rings is 1. The van der Waals surface area contributed by atoms with Crippen molar-refractivity contribution in [2.45, 2.75) is 39.5 Å². The molecule has 0 spiro atoms. The second kappa shape index (κ2) is 16.8. The fourth-order valence-electron chi connectivity index (χ4n) is 2.39. The number of nitrogens with zero attached hydrogens (tertiary/aromatic N) is 1. The molecule has 0 atom stereocenters. The molecule has 0 aliphatic rings. The van der Waals surface area contributed by atoms with Gasteiger partial charge in [-0.2, -0.15) is 0 Å². The summed E-state index contributed by atoms with van der Waals surface area (Å²) in [5.74, 6) is 0.763. The molecule has 0 aromatic heterocycles. The van der Waals surface area contributed by atoms with Crippen LogP contribution in [0.3, 0.4) is 0 Å². The first kappa shape index (κ1) is 25.6. The van der Waals surface area contributed by atoms with Gasteiger partial charge in [-0.25, -0.2) is 0 Å². The van der Waals surface area contributed by atoms with Crippen LogP contribution in [0.25, 0.3) is 0 Å². The number of carbonyl (C=O) groups is 1. The summed E-state index contributed by atoms with van der Waals surface area (Å²) in [6, 6.07) is 7.70. The predicted octanol–water partition coefficient (Wildman–Crippen LogP) is 2.97. The lowest BCUT2D eigenvalue weighted by Gasteiger charge is -2.12. The SMILES string of the molecule is CCCCOCCCN=C(NCC)NCCc1cccc(C(=O)NC)c1.I. The van der Waals surface area contributed by atoms with Gasteiger partial charge in [-0.3, -0.25) is 9.79 Å². The highest BCUT2D eigenvalue weighted by atomic mass is 127. The number of hydrogen-bond donors (Lipinski definition) is 3. The van der Waals surface area contributed by atoms with Crippen molar-refractivity contribution in [3.8, 4) is 0 Å². The van der Waals surface area contributed by atoms with Crippen molar-refractivity contribution in [1.29, 1.82) is 0 Å². The van der Waals surface area contributed by atoms with Gasteiger partial charge in [-0.05, 0) is 43.9 Å². The summed E-state index contributed by atoms with van der Waals surface area (Å²) in [6.45, 7) is 8.15. The number of aliphatic imine (C=N–C) groups is 1. The molecule has 1 amide bonds. The molecule has 1 aromatic rings. The summed E-state index contributed by atoms with van der Waals surface area (Å²) in [5.41, 5.74) is 1.81. The molecule has 7 heteroatoms. The van der Waals surface area contributed by atoms with Crippen molar-refractivity contribution in [3.63, 3.8) is 0 Å². The van der Waals surface area contributed by atoms with Crippen molar-refractivity contribution in [2.24, 2.45) is 4.99 Å². The lowest BCUT2D eigenvalue weighted by atomic mass is 10.1. The third kappa shape index (κ3) is 11.9. The quantitative estimate of drug-likeness (QED) is 0.182. The number of rotatable bonds is 12. The van der Waals surface area contributed by atoms with E-state index in [1.54, 1.807) is 7.05 Å². The van der Waals surface area contributed by atoms with E-state index < -0.39 is 0 Å². The van der Waals surface area contributed by atoms with E-state index in [9.17, 15) is 4.79 Å². The molecule has 154 valence electrons. The van der Waals surface area contributed by atoms with E-state index in [0.29, 0.717) is 5.56 Å². The van der Waals surface area contributed by atoms with Crippen LogP contribution >= 0.6 is 24.0 Å². The normalized spacial score (nSPS) is 10.9. The van der Waals surface area contributed by atoms with Crippen LogP contribution in [-0.4, -0.2) is 51.8 Å². The van der Waals surface area contributed by atoms with Crippen molar-refractivity contribution in [1.82, 2.24) is 16.0 Å². The molecule has 1 rings (SSSR count). The zero-order valence-corrected chi connectivity index (χ0v) is 19.2. The first-order valence-electron chi connectivity index (χ1n) is 9.62. The number of halogens is 1. The van der Waals surface area contributed by atoms with Gasteiger partial charge >= 0.3 is 0 Å². The lowest BCUT2D eigenvalue weighted by Crippen LogP contribution is -2.38. The number of unbranched alkanes of at least 4 members (excludes halogenated alkanes) is 1. The number of amides is 1. The standard InChI is InChI=1S/C20H34N4O2.HI/c1-4-6-14-26-15-8-12-23-20(22-5-2)24-13-11-17-9-7-10-18(16-17)19(25)21-3;/h7,9-10,16H,4-6,8,11-15H2,1-3H3,(H,21,25)(H2,22,23,24);1H. The van der Waals surface area contributed by atoms with Gasteiger partial charge in [0.2, 0.25) is 0 Å². The Bertz CT molecular complexity index is 553. The Balaban J connectivity index is 0.00000676. The highest BCUT2D eigenvalue weighted by Crippen LogP contribution is 2.05. The number of carbonyl (C=O) groups excluding carboxylic acids is 1. The van der Waals surface area contributed by atoms with Crippen molar-refractivity contribution in [3.05, 3.63) is 35.4 Å². The van der Waals surface area contributed by atoms with Crippen LogP contribution in [0.5, 0.6) is 0 Å². The summed E-state index contributed by atoms with van der Waals surface area (Å²) in [5, 5.41) is 9.24. The smallest absolute Gasteiger partial charge is 0.251 e. The minimum absolute atomic E-state index is 0. The Kier molecular flexibility index (Phi) is 16.0. The second-order valence-electron chi connectivity index (χ2n) is 6.04. The highest BCUT2D eigenvalue weighted by molar-refractivity contribution is 14.0. The van der Waals surface area contributed by atoms with Gasteiger partial charge in [0.15, 0.2) is 5.96 Å². The van der Waals surface area contributed by atoms with Crippen molar-refractivity contribution < 1.29 is 9.53 Å². The first-order chi connectivity index (χ1) is 12.7. The molecule has 0 fully saturated rings. The fraction of sp³-hybridized carbons (Fsp3) is 0.600. The van der Waals surface area contributed by atoms with Crippen LogP contribution in [0, 0.1) is 0 Å². The van der Waals surface area contributed by atoms with Gasteiger partial charge in [0.1, 0.15) is 0 Å². The maximum absolute atomic E-state index is 11.7. The van der Waals surface area contributed by atoms with E-state index in [1.807, 2.05) is 24.3 Å². The maximum atomic E-state index is 11.7. The van der Waals surface area contributed by atoms with E-state index in [4.69, 9.17) is 4.74 Å². The molecule has 0 heterocycles. The molecular formula is C20H35IN4O2. The Hall–Kier alpha value is -1.35. The monoisotopic (exact) mass is 490 g/mol. The average Bonchev–Trinajstić information content (AvgIpc) is 2.66. The zero-order chi connectivity index (χ0) is 19.0. The minimum atomic E-state index is -0.0594. The molecule has 0 aliphatic carbocycles. The second-order valence-corrected chi connectivity index (χ2v) is 6.04. The van der Waals surface area contributed by atoms with E-state index in [-0.39, 0.29) is 29.9 Å². The molecule has 1 aromatic carbocycles. The van der Waals surface area contributed by atoms with Crippen LogP contribution in [0.4, 0.5) is 0 Å². The van der Waals surface area contributed by atoms with Gasteiger partial charge in [0.05, 0.1) is 0 Å². The first-order valence-corrected chi connectivity index (χ1v) is 9.62. The van der Waals surface area contributed by atoms with Crippen LogP contribution < -0.4 is 16.0 Å². The Morgan fingerprint density at radius 1 is 1.15 bits per heavy atom. The third-order valence-corrected chi connectivity index (χ3v) is 3.83. The number of hydrogen-bond acceptors (Lipinski definition) is 3. The van der Waals surface area contributed by atoms with Gasteiger partial charge < -0.3 is 20.7 Å². The molecule has 27 heavy (non-hydrogen) atoms. The molecule has 0 aliphatic heterocycles. The number of guanidine groups is 1. The number of ether oxygens (including phenoxy) is 1. The van der Waals surface area contributed by atoms with Crippen molar-refractivity contribution >= 4 is 35.8 Å². The van der Waals surface area contributed by atoms with Crippen LogP contribution in [0.15, 0.2) is 29.3 Å². The fourth-order valence-corrected chi connectivity index (χ4v) is 2.39. The predicted molar refractivity (Wildman–Crippen MR) is 123 cm³/mol. The van der Waals surface area contributed by atoms with Crippen LogP contribution in [-0.2, 0) is 11.2 Å². The summed E-state index contributed by atoms with van der Waals surface area (Å²) < 4.78 is 5.55. The van der Waals surface area contributed by atoms with Gasteiger partial charge in [-0.1, -0.05) is 25.5 Å². The van der Waals surface area contributed by atoms with E-state index in [2.05, 4.69) is 34.8 Å². The number of nitrogens with one attached hydrogen (secondary N) is 3. The zero-order valence-electron chi connectivity index (χ0n) is 16.8. The van der Waals surface area contributed by atoms with Gasteiger partial charge in [0.25, 0.3) is 5.91 Å². The molecular weight excluding hydrogens is 455 g/mol. The topological polar surface area (TPSA) is 74.8 Å². The van der Waals surface area contributed by atoms with E-state index in [1.165, 1.54) is 6.42 Å². The average molecular weight is 490 g/mol. The largest absolute Gasteiger partial charge is 0.381 e. The molecule has 6 nitrogen and oxygen atoms in total.